The number of hydrogen-bond donors (Lipinski definition) is 0. The van der Waals surface area contributed by atoms with Gasteiger partial charge in [-0.3, -0.25) is 24.6 Å². The number of carbonyl (C=O) groups excluding carboxylic acids is 2. The average Bonchev–Trinajstić information content (AvgIpc) is 3.07. The van der Waals surface area contributed by atoms with Crippen molar-refractivity contribution in [1.29, 1.82) is 0 Å². The molecule has 2 amide bonds. The minimum atomic E-state index is -0.495. The zero-order chi connectivity index (χ0) is 23.4. The molecule has 0 N–H and O–H groups in total. The topological polar surface area (TPSA) is 89.8 Å². The number of ether oxygens (including phenoxy) is 1. The number of thioether (sulfide) groups is 1. The molecule has 0 aromatic heterocycles. The van der Waals surface area contributed by atoms with E-state index < -0.39 is 4.92 Å². The summed E-state index contributed by atoms with van der Waals surface area (Å²) < 4.78 is 5.80. The highest BCUT2D eigenvalue weighted by Gasteiger charge is 2.35. The van der Waals surface area contributed by atoms with Gasteiger partial charge in [-0.25, -0.2) is 0 Å². The molecule has 3 aromatic carbocycles. The number of nitro groups is 1. The van der Waals surface area contributed by atoms with Crippen LogP contribution >= 0.6 is 11.8 Å². The van der Waals surface area contributed by atoms with Crippen molar-refractivity contribution in [1.82, 2.24) is 4.90 Å². The highest BCUT2D eigenvalue weighted by molar-refractivity contribution is 8.18. The van der Waals surface area contributed by atoms with Crippen LogP contribution in [0.5, 0.6) is 5.75 Å². The van der Waals surface area contributed by atoms with Gasteiger partial charge in [-0.15, -0.1) is 0 Å². The van der Waals surface area contributed by atoms with Crippen molar-refractivity contribution in [2.75, 3.05) is 0 Å². The minimum Gasteiger partial charge on any atom is -0.489 e. The van der Waals surface area contributed by atoms with Gasteiger partial charge in [0.15, 0.2) is 0 Å². The molecule has 8 heteroatoms. The second kappa shape index (κ2) is 9.70. The van der Waals surface area contributed by atoms with Crippen LogP contribution in [0.25, 0.3) is 6.08 Å². The Hall–Kier alpha value is -3.91. The first kappa shape index (κ1) is 22.3. The van der Waals surface area contributed by atoms with E-state index in [1.807, 2.05) is 55.5 Å². The number of nitro benzene ring substituents is 1. The van der Waals surface area contributed by atoms with E-state index >= 15 is 0 Å². The normalized spacial score (nSPS) is 14.7. The van der Waals surface area contributed by atoms with Gasteiger partial charge >= 0.3 is 0 Å². The zero-order valence-corrected chi connectivity index (χ0v) is 18.6. The van der Waals surface area contributed by atoms with Crippen molar-refractivity contribution >= 4 is 34.7 Å². The largest absolute Gasteiger partial charge is 0.489 e. The summed E-state index contributed by atoms with van der Waals surface area (Å²) in [5.41, 5.74) is 3.64. The maximum absolute atomic E-state index is 12.7. The molecule has 3 aromatic rings. The Morgan fingerprint density at radius 3 is 2.21 bits per heavy atom. The van der Waals surface area contributed by atoms with E-state index in [2.05, 4.69) is 0 Å². The molecule has 0 spiro atoms. The summed E-state index contributed by atoms with van der Waals surface area (Å²) in [5.74, 6) is 0.321. The highest BCUT2D eigenvalue weighted by Crippen LogP contribution is 2.33. The Labute approximate surface area is 194 Å². The molecule has 1 fully saturated rings. The minimum absolute atomic E-state index is 0.0425. The third-order valence-corrected chi connectivity index (χ3v) is 5.97. The SMILES string of the molecule is Cc1ccc(COc2ccc(/C=C3\SC(=O)N(Cc4ccc([N+](=O)[O-])cc4)C3=O)cc2)cc1. The van der Waals surface area contributed by atoms with Crippen LogP contribution in [0.1, 0.15) is 22.3 Å². The highest BCUT2D eigenvalue weighted by atomic mass is 32.2. The lowest BCUT2D eigenvalue weighted by atomic mass is 10.1. The number of imide groups is 1. The van der Waals surface area contributed by atoms with Crippen LogP contribution in [0.4, 0.5) is 10.5 Å². The lowest BCUT2D eigenvalue weighted by Gasteiger charge is -2.12. The number of non-ortho nitro benzene ring substituents is 1. The van der Waals surface area contributed by atoms with Crippen molar-refractivity contribution in [2.45, 2.75) is 20.1 Å². The molecule has 4 rings (SSSR count). The van der Waals surface area contributed by atoms with Crippen LogP contribution in [-0.4, -0.2) is 21.0 Å². The van der Waals surface area contributed by atoms with E-state index in [-0.39, 0.29) is 23.4 Å². The van der Waals surface area contributed by atoms with Crippen LogP contribution in [0.2, 0.25) is 0 Å². The van der Waals surface area contributed by atoms with E-state index in [0.717, 1.165) is 27.8 Å². The second-order valence-electron chi connectivity index (χ2n) is 7.53. The molecule has 7 nitrogen and oxygen atoms in total. The molecule has 1 heterocycles. The van der Waals surface area contributed by atoms with Crippen LogP contribution in [-0.2, 0) is 17.9 Å². The fourth-order valence-corrected chi connectivity index (χ4v) is 4.04. The summed E-state index contributed by atoms with van der Waals surface area (Å²) in [6.45, 7) is 2.56. The Kier molecular flexibility index (Phi) is 6.55. The molecule has 1 aliphatic rings. The van der Waals surface area contributed by atoms with E-state index in [4.69, 9.17) is 4.74 Å². The Morgan fingerprint density at radius 1 is 0.939 bits per heavy atom. The second-order valence-corrected chi connectivity index (χ2v) is 8.53. The average molecular weight is 461 g/mol. The summed E-state index contributed by atoms with van der Waals surface area (Å²) in [4.78, 5) is 36.8. The predicted octanol–water partition coefficient (Wildman–Crippen LogP) is 5.72. The number of carbonyl (C=O) groups is 2. The van der Waals surface area contributed by atoms with Gasteiger partial charge < -0.3 is 4.74 Å². The van der Waals surface area contributed by atoms with Crippen LogP contribution in [0, 0.1) is 17.0 Å². The number of rotatable bonds is 7. The third kappa shape index (κ3) is 5.48. The van der Waals surface area contributed by atoms with Crippen LogP contribution in [0.15, 0.2) is 77.7 Å². The summed E-state index contributed by atoms with van der Waals surface area (Å²) in [5, 5.41) is 10.4. The fraction of sp³-hybridized carbons (Fsp3) is 0.120. The van der Waals surface area contributed by atoms with Gasteiger partial charge in [0.1, 0.15) is 12.4 Å². The number of nitrogens with zero attached hydrogens (tertiary/aromatic N) is 2. The smallest absolute Gasteiger partial charge is 0.293 e. The fourth-order valence-electron chi connectivity index (χ4n) is 3.20. The van der Waals surface area contributed by atoms with E-state index in [9.17, 15) is 19.7 Å². The molecule has 0 bridgehead atoms. The molecule has 0 atom stereocenters. The monoisotopic (exact) mass is 460 g/mol. The quantitative estimate of drug-likeness (QED) is 0.255. The van der Waals surface area contributed by atoms with Crippen molar-refractivity contribution in [3.8, 4) is 5.75 Å². The predicted molar refractivity (Wildman–Crippen MR) is 127 cm³/mol. The third-order valence-electron chi connectivity index (χ3n) is 5.07. The first-order valence-corrected chi connectivity index (χ1v) is 11.0. The molecule has 1 aliphatic heterocycles. The summed E-state index contributed by atoms with van der Waals surface area (Å²) in [6, 6.07) is 21.2. The number of benzene rings is 3. The van der Waals surface area contributed by atoms with Gasteiger partial charge in [0.05, 0.1) is 16.4 Å². The number of amides is 2. The molecule has 0 unspecified atom stereocenters. The summed E-state index contributed by atoms with van der Waals surface area (Å²) in [7, 11) is 0. The summed E-state index contributed by atoms with van der Waals surface area (Å²) >= 11 is 0.876. The molecule has 0 radical (unpaired) electrons. The molecule has 0 aliphatic carbocycles. The Morgan fingerprint density at radius 2 is 1.58 bits per heavy atom. The maximum Gasteiger partial charge on any atom is 0.293 e. The van der Waals surface area contributed by atoms with E-state index in [1.54, 1.807) is 18.2 Å². The molecule has 1 saturated heterocycles. The van der Waals surface area contributed by atoms with E-state index in [0.29, 0.717) is 22.8 Å². The van der Waals surface area contributed by atoms with Crippen molar-refractivity contribution in [3.05, 3.63) is 110 Å². The molecular weight excluding hydrogens is 440 g/mol. The van der Waals surface area contributed by atoms with Gasteiger partial charge in [0.2, 0.25) is 0 Å². The maximum atomic E-state index is 12.7. The Bertz CT molecular complexity index is 1220. The lowest BCUT2D eigenvalue weighted by Crippen LogP contribution is -2.27. The molecule has 33 heavy (non-hydrogen) atoms. The first-order valence-electron chi connectivity index (χ1n) is 10.2. The van der Waals surface area contributed by atoms with Gasteiger partial charge in [-0.2, -0.15) is 0 Å². The van der Waals surface area contributed by atoms with Crippen molar-refractivity contribution in [3.63, 3.8) is 0 Å². The Balaban J connectivity index is 1.39. The van der Waals surface area contributed by atoms with Crippen molar-refractivity contribution < 1.29 is 19.2 Å². The van der Waals surface area contributed by atoms with Gasteiger partial charge in [-0.1, -0.05) is 54.1 Å². The molecule has 166 valence electrons. The van der Waals surface area contributed by atoms with Crippen LogP contribution in [0.3, 0.4) is 0 Å². The molecule has 0 saturated carbocycles. The van der Waals surface area contributed by atoms with Gasteiger partial charge in [0.25, 0.3) is 16.8 Å². The lowest BCUT2D eigenvalue weighted by molar-refractivity contribution is -0.384. The zero-order valence-electron chi connectivity index (χ0n) is 17.8. The molecular formula is C25H20N2O5S. The van der Waals surface area contributed by atoms with Crippen LogP contribution < -0.4 is 4.74 Å². The number of aryl methyl sites for hydroxylation is 1. The first-order chi connectivity index (χ1) is 15.9. The summed E-state index contributed by atoms with van der Waals surface area (Å²) in [6.07, 6.45) is 1.67. The van der Waals surface area contributed by atoms with E-state index in [1.165, 1.54) is 17.7 Å². The van der Waals surface area contributed by atoms with Gasteiger partial charge in [0, 0.05) is 12.1 Å². The van der Waals surface area contributed by atoms with Crippen molar-refractivity contribution in [2.24, 2.45) is 0 Å². The number of hydrogen-bond acceptors (Lipinski definition) is 6. The standard InChI is InChI=1S/C25H20N2O5S/c1-17-2-4-20(5-3-17)16-32-22-12-8-18(9-13-22)14-23-24(28)26(25(29)33-23)15-19-6-10-21(11-7-19)27(30)31/h2-14H,15-16H2,1H3/b23-14-. The van der Waals surface area contributed by atoms with Gasteiger partial charge in [-0.05, 0) is 53.6 Å².